The zero-order valence-electron chi connectivity index (χ0n) is 31.5. The van der Waals surface area contributed by atoms with Gasteiger partial charge in [-0.2, -0.15) is 23.8 Å². The predicted octanol–water partition coefficient (Wildman–Crippen LogP) is 14.2. The molecule has 0 aliphatic heterocycles. The van der Waals surface area contributed by atoms with Crippen molar-refractivity contribution in [2.75, 3.05) is 0 Å². The Morgan fingerprint density at radius 1 is 0.654 bits per heavy atom. The van der Waals surface area contributed by atoms with Gasteiger partial charge in [0.2, 0.25) is 0 Å². The van der Waals surface area contributed by atoms with Gasteiger partial charge in [0.25, 0.3) is 0 Å². The molecule has 0 saturated carbocycles. The minimum Gasteiger partial charge on any atom is -0.273 e. The molecule has 7 heteroatoms. The maximum atomic E-state index is 5.99. The van der Waals surface area contributed by atoms with Gasteiger partial charge in [0.1, 0.15) is 0 Å². The van der Waals surface area contributed by atoms with Crippen molar-refractivity contribution in [3.05, 3.63) is 152 Å². The van der Waals surface area contributed by atoms with E-state index in [1.807, 2.05) is 24.3 Å². The van der Waals surface area contributed by atoms with Gasteiger partial charge in [-0.3, -0.25) is 6.08 Å². The van der Waals surface area contributed by atoms with E-state index in [-0.39, 0.29) is 35.6 Å². The summed E-state index contributed by atoms with van der Waals surface area (Å²) in [6.45, 7) is 18.2. The average Bonchev–Trinajstić information content (AvgIpc) is 3.77. The largest absolute Gasteiger partial charge is 0.273 e. The van der Waals surface area contributed by atoms with Crippen molar-refractivity contribution in [1.29, 1.82) is 0 Å². The molecule has 0 spiro atoms. The molecule has 0 atom stereocenters. The molecule has 2 aliphatic carbocycles. The fraction of sp³-hybridized carbons (Fsp3) is 0.356. The van der Waals surface area contributed by atoms with Crippen LogP contribution in [0.1, 0.15) is 115 Å². The number of hydrogen-bond acceptors (Lipinski definition) is 0. The van der Waals surface area contributed by atoms with Crippen LogP contribution in [0.2, 0.25) is 0 Å². The van der Waals surface area contributed by atoms with Gasteiger partial charge in [-0.25, -0.2) is 12.2 Å². The van der Waals surface area contributed by atoms with Gasteiger partial charge in [-0.15, -0.1) is 47.9 Å². The second-order valence-electron chi connectivity index (χ2n) is 15.2. The van der Waals surface area contributed by atoms with Crippen molar-refractivity contribution >= 4 is 74.4 Å². The number of alkyl halides is 4. The van der Waals surface area contributed by atoms with E-state index in [1.54, 1.807) is 0 Å². The Morgan fingerprint density at radius 2 is 1.12 bits per heavy atom. The van der Waals surface area contributed by atoms with E-state index in [0.717, 1.165) is 35.1 Å². The maximum absolute atomic E-state index is 5.99. The quantitative estimate of drug-likeness (QED) is 0.118. The molecular weight excluding hydrogens is 844 g/mol. The Morgan fingerprint density at radius 3 is 1.48 bits per heavy atom. The third kappa shape index (κ3) is 12.2. The molecule has 2 aliphatic rings. The molecule has 0 amide bonds. The van der Waals surface area contributed by atoms with Crippen LogP contribution in [-0.4, -0.2) is 3.21 Å². The number of halogens is 6. The summed E-state index contributed by atoms with van der Waals surface area (Å²) in [5, 5.41) is 0. The van der Waals surface area contributed by atoms with Crippen molar-refractivity contribution in [3.63, 3.8) is 0 Å². The SMILES string of the molecule is Cc1[c-]c2c(cc1C(C)(C)C)-c1cc(C(C)(C)C)c(C)cc1C2.Cl.Cl.ClCc1cc(CCl)cc([C](=[Zr+2])c2cc(CCl)cc(CCl)c2)c1.[C-]1=CC=CC1. The van der Waals surface area contributed by atoms with E-state index in [0.29, 0.717) is 23.5 Å². The summed E-state index contributed by atoms with van der Waals surface area (Å²) in [6, 6.07) is 23.5. The molecule has 0 saturated heterocycles. The summed E-state index contributed by atoms with van der Waals surface area (Å²) < 4.78 is 1.25. The molecule has 0 bridgehead atoms. The summed E-state index contributed by atoms with van der Waals surface area (Å²) in [6.07, 6.45) is 11.0. The molecule has 0 unspecified atom stereocenters. The number of benzene rings is 4. The molecule has 6 rings (SSSR count). The third-order valence-electron chi connectivity index (χ3n) is 8.97. The summed E-state index contributed by atoms with van der Waals surface area (Å²) in [5.41, 5.74) is 18.3. The minimum absolute atomic E-state index is 0. The summed E-state index contributed by atoms with van der Waals surface area (Å²) in [7, 11) is 0. The van der Waals surface area contributed by atoms with Crippen LogP contribution in [0.3, 0.4) is 0 Å². The maximum Gasteiger partial charge on any atom is -0.109 e. The van der Waals surface area contributed by atoms with E-state index in [1.165, 1.54) is 83.1 Å². The molecule has 4 aromatic rings. The van der Waals surface area contributed by atoms with Crippen molar-refractivity contribution in [2.45, 2.75) is 103 Å². The van der Waals surface area contributed by atoms with Gasteiger partial charge in [-0.05, 0) is 35.4 Å². The third-order valence-corrected chi connectivity index (χ3v) is 11.6. The zero-order chi connectivity index (χ0) is 36.8. The molecule has 0 N–H and O–H groups in total. The Hall–Kier alpha value is -1.15. The van der Waals surface area contributed by atoms with Gasteiger partial charge in [0.15, 0.2) is 0 Å². The molecule has 276 valence electrons. The van der Waals surface area contributed by atoms with Crippen molar-refractivity contribution in [2.24, 2.45) is 0 Å². The number of hydrogen-bond donors (Lipinski definition) is 0. The molecular formula is C45H50Cl6Zr. The first-order valence-corrected chi connectivity index (χ1v) is 20.5. The number of rotatable bonds is 6. The number of fused-ring (bicyclic) bond motifs is 3. The van der Waals surface area contributed by atoms with E-state index in [4.69, 9.17) is 46.4 Å². The first kappa shape index (κ1) is 47.0. The van der Waals surface area contributed by atoms with Crippen LogP contribution < -0.4 is 0 Å². The zero-order valence-corrected chi connectivity index (χ0v) is 38.6. The van der Waals surface area contributed by atoms with Crippen LogP contribution in [0.4, 0.5) is 0 Å². The van der Waals surface area contributed by atoms with Crippen molar-refractivity contribution in [3.8, 4) is 11.1 Å². The van der Waals surface area contributed by atoms with Gasteiger partial charge in [-0.1, -0.05) is 71.6 Å². The summed E-state index contributed by atoms with van der Waals surface area (Å²) in [4.78, 5) is 0. The van der Waals surface area contributed by atoms with E-state index in [2.05, 4.69) is 116 Å². The Balaban J connectivity index is 0.000000307. The van der Waals surface area contributed by atoms with Crippen molar-refractivity contribution < 1.29 is 24.2 Å². The van der Waals surface area contributed by atoms with Gasteiger partial charge >= 0.3 is 167 Å². The van der Waals surface area contributed by atoms with Crippen LogP contribution in [0.15, 0.2) is 72.8 Å². The minimum atomic E-state index is 0. The summed E-state index contributed by atoms with van der Waals surface area (Å²) in [5.74, 6) is 1.93. The fourth-order valence-electron chi connectivity index (χ4n) is 6.65. The van der Waals surface area contributed by atoms with Gasteiger partial charge < -0.3 is 0 Å². The van der Waals surface area contributed by atoms with E-state index >= 15 is 0 Å². The Kier molecular flexibility index (Phi) is 18.7. The monoisotopic (exact) mass is 890 g/mol. The van der Waals surface area contributed by atoms with Crippen LogP contribution in [0, 0.1) is 26.0 Å². The molecule has 0 radical (unpaired) electrons. The second kappa shape index (κ2) is 20.7. The first-order valence-electron chi connectivity index (χ1n) is 17.1. The standard InChI is InChI=1S/C23H29.C17H14Cl4.C5H5.2ClH.Zr/c1-14-9-16-11-17-10-15(2)21(23(6,7)8)13-19(17)18(16)12-20(14)22(3,4)5;18-8-14-2-12(3-15(6-14)9-19)1-13-4-16(10-20)7-17(5-13)11-21;1-2-4-5-3-1;;;/h9,12-13H,11H2,1-8H3;2-7H,8-11H2;1-3H,4H2;2*1H;/q-1;;-1;;;+2. The van der Waals surface area contributed by atoms with Crippen LogP contribution in [-0.2, 0) is 65.0 Å². The first-order chi connectivity index (χ1) is 23.6. The second-order valence-corrected chi connectivity index (χ2v) is 17.5. The Labute approximate surface area is 360 Å². The number of allylic oxidation sites excluding steroid dienone is 4. The molecule has 4 aromatic carbocycles. The molecule has 0 fully saturated rings. The van der Waals surface area contributed by atoms with Gasteiger partial charge in [0.05, 0.1) is 0 Å². The van der Waals surface area contributed by atoms with Gasteiger partial charge in [0, 0.05) is 0 Å². The summed E-state index contributed by atoms with van der Waals surface area (Å²) >= 11 is 25.3. The fourth-order valence-corrected chi connectivity index (χ4v) is 7.98. The topological polar surface area (TPSA) is 0 Å². The van der Waals surface area contributed by atoms with Crippen molar-refractivity contribution in [1.82, 2.24) is 0 Å². The predicted molar refractivity (Wildman–Crippen MR) is 231 cm³/mol. The average molecular weight is 895 g/mol. The molecule has 0 aromatic heterocycles. The number of aryl methyl sites for hydroxylation is 2. The molecule has 52 heavy (non-hydrogen) atoms. The van der Waals surface area contributed by atoms with Crippen LogP contribution in [0.5, 0.6) is 0 Å². The molecule has 0 nitrogen and oxygen atoms in total. The normalized spacial score (nSPS) is 12.4. The van der Waals surface area contributed by atoms with Crippen LogP contribution >= 0.6 is 71.2 Å². The van der Waals surface area contributed by atoms with E-state index in [9.17, 15) is 0 Å². The van der Waals surface area contributed by atoms with Crippen LogP contribution in [0.25, 0.3) is 11.1 Å². The van der Waals surface area contributed by atoms with E-state index < -0.39 is 0 Å². The smallest absolute Gasteiger partial charge is 0.109 e. The molecule has 0 heterocycles. The Bertz CT molecular complexity index is 1730.